The van der Waals surface area contributed by atoms with Crippen LogP contribution in [-0.4, -0.2) is 32.0 Å². The number of aromatic nitrogens is 1. The average Bonchev–Trinajstić information content (AvgIpc) is 3.18. The van der Waals surface area contributed by atoms with Crippen LogP contribution in [0.4, 0.5) is 0 Å². The quantitative estimate of drug-likeness (QED) is 0.395. The molecule has 3 rings (SSSR count). The smallest absolute Gasteiger partial charge is 0.238 e. The number of thiazole rings is 1. The van der Waals surface area contributed by atoms with Gasteiger partial charge >= 0.3 is 0 Å². The van der Waals surface area contributed by atoms with Crippen LogP contribution in [0.25, 0.3) is 10.2 Å². The van der Waals surface area contributed by atoms with E-state index in [2.05, 4.69) is 42.7 Å². The van der Waals surface area contributed by atoms with Crippen LogP contribution in [0.3, 0.4) is 0 Å². The van der Waals surface area contributed by atoms with Crippen LogP contribution in [-0.2, 0) is 11.3 Å². The van der Waals surface area contributed by atoms with Crippen molar-refractivity contribution in [3.63, 3.8) is 0 Å². The molecule has 142 valence electrons. The van der Waals surface area contributed by atoms with Crippen molar-refractivity contribution in [1.82, 2.24) is 9.47 Å². The van der Waals surface area contributed by atoms with Gasteiger partial charge in [-0.3, -0.25) is 9.69 Å². The Morgan fingerprint density at radius 3 is 2.65 bits per heavy atom. The van der Waals surface area contributed by atoms with Gasteiger partial charge in [0.05, 0.1) is 16.0 Å². The zero-order chi connectivity index (χ0) is 18.4. The first kappa shape index (κ1) is 19.8. The molecule has 2 heterocycles. The Morgan fingerprint density at radius 1 is 1.08 bits per heavy atom. The van der Waals surface area contributed by atoms with Gasteiger partial charge in [-0.15, -0.1) is 11.3 Å². The summed E-state index contributed by atoms with van der Waals surface area (Å²) in [5.41, 5.74) is 1.33. The van der Waals surface area contributed by atoms with Crippen LogP contribution in [0.2, 0.25) is 0 Å². The van der Waals surface area contributed by atoms with Crippen molar-refractivity contribution in [3.05, 3.63) is 28.2 Å². The minimum absolute atomic E-state index is 0.239. The van der Waals surface area contributed by atoms with E-state index in [0.29, 0.717) is 5.75 Å². The van der Waals surface area contributed by atoms with E-state index in [1.807, 2.05) is 16.2 Å². The summed E-state index contributed by atoms with van der Waals surface area (Å²) >= 11 is 3.53. The number of carbonyl (C=O) groups is 1. The number of benzene rings is 1. The molecule has 26 heavy (non-hydrogen) atoms. The SMILES string of the molecule is CCCCCCCCn1c(=S=C2SCC(=O)N2CC)sc2ccccc21. The molecule has 1 amide bonds. The van der Waals surface area contributed by atoms with Crippen LogP contribution in [0.1, 0.15) is 52.4 Å². The summed E-state index contributed by atoms with van der Waals surface area (Å²) in [6, 6.07) is 8.67. The second-order valence-electron chi connectivity index (χ2n) is 6.55. The van der Waals surface area contributed by atoms with Crippen molar-refractivity contribution in [2.75, 3.05) is 12.3 Å². The highest BCUT2D eigenvalue weighted by atomic mass is 32.2. The monoisotopic (exact) mass is 408 g/mol. The number of nitrogens with zero attached hydrogens (tertiary/aromatic N) is 2. The highest BCUT2D eigenvalue weighted by molar-refractivity contribution is 8.26. The molecule has 0 bridgehead atoms. The van der Waals surface area contributed by atoms with Gasteiger partial charge in [0.25, 0.3) is 0 Å². The van der Waals surface area contributed by atoms with E-state index in [1.54, 1.807) is 22.7 Å². The molecule has 6 heteroatoms. The van der Waals surface area contributed by atoms with Crippen molar-refractivity contribution in [3.8, 4) is 0 Å². The van der Waals surface area contributed by atoms with Crippen LogP contribution in [0, 0.1) is 3.95 Å². The second-order valence-corrected chi connectivity index (χ2v) is 10.0. The van der Waals surface area contributed by atoms with Gasteiger partial charge in [0, 0.05) is 13.1 Å². The van der Waals surface area contributed by atoms with E-state index in [4.69, 9.17) is 0 Å². The average molecular weight is 409 g/mol. The number of rotatable bonds is 8. The van der Waals surface area contributed by atoms with Crippen molar-refractivity contribution in [1.29, 1.82) is 0 Å². The van der Waals surface area contributed by atoms with Crippen molar-refractivity contribution in [2.45, 2.75) is 58.9 Å². The van der Waals surface area contributed by atoms with E-state index in [-0.39, 0.29) is 5.91 Å². The van der Waals surface area contributed by atoms with Crippen molar-refractivity contribution < 1.29 is 4.79 Å². The van der Waals surface area contributed by atoms with Crippen molar-refractivity contribution >= 4 is 54.5 Å². The predicted molar refractivity (Wildman–Crippen MR) is 119 cm³/mol. The van der Waals surface area contributed by atoms with Gasteiger partial charge in [-0.1, -0.05) is 73.9 Å². The number of hydrogen-bond donors (Lipinski definition) is 0. The lowest BCUT2D eigenvalue weighted by molar-refractivity contribution is -0.123. The molecule has 0 aliphatic carbocycles. The minimum Gasteiger partial charge on any atom is -0.324 e. The topological polar surface area (TPSA) is 25.2 Å². The number of fused-ring (bicyclic) bond motifs is 1. The first-order valence-corrected chi connectivity index (χ1v) is 12.3. The molecule has 1 saturated heterocycles. The Morgan fingerprint density at radius 2 is 1.85 bits per heavy atom. The molecule has 0 saturated carbocycles. The molecule has 0 unspecified atom stereocenters. The number of amides is 1. The molecule has 1 aliphatic heterocycles. The molecule has 1 aromatic carbocycles. The van der Waals surface area contributed by atoms with E-state index in [9.17, 15) is 4.79 Å². The first-order valence-electron chi connectivity index (χ1n) is 9.64. The number of carbonyl (C=O) groups excluding carboxylic acids is 1. The third-order valence-corrected chi connectivity index (χ3v) is 8.35. The third-order valence-electron chi connectivity index (χ3n) is 4.64. The van der Waals surface area contributed by atoms with Gasteiger partial charge in [0.1, 0.15) is 4.32 Å². The maximum absolute atomic E-state index is 12.0. The Bertz CT molecular complexity index is 861. The number of unbranched alkanes of at least 4 members (excludes halogenated alkanes) is 5. The fraction of sp³-hybridized carbons (Fsp3) is 0.550. The van der Waals surface area contributed by atoms with Crippen molar-refractivity contribution in [2.24, 2.45) is 0 Å². The highest BCUT2D eigenvalue weighted by Crippen LogP contribution is 2.27. The van der Waals surface area contributed by atoms with E-state index in [1.165, 1.54) is 52.7 Å². The van der Waals surface area contributed by atoms with Gasteiger partial charge < -0.3 is 4.57 Å². The first-order chi connectivity index (χ1) is 12.7. The van der Waals surface area contributed by atoms with E-state index in [0.717, 1.165) is 17.4 Å². The van der Waals surface area contributed by atoms with Crippen LogP contribution < -0.4 is 0 Å². The fourth-order valence-electron chi connectivity index (χ4n) is 3.20. The Hall–Kier alpha value is -0.980. The molecule has 0 N–H and O–H groups in total. The molecular formula is C20H28N2OS3. The molecule has 1 aliphatic rings. The number of aryl methyl sites for hydroxylation is 1. The van der Waals surface area contributed by atoms with Crippen LogP contribution in [0.5, 0.6) is 0 Å². The summed E-state index contributed by atoms with van der Waals surface area (Å²) < 4.78 is 6.24. The molecular weight excluding hydrogens is 380 g/mol. The van der Waals surface area contributed by atoms with Gasteiger partial charge in [0.2, 0.25) is 5.91 Å². The Labute approximate surface area is 167 Å². The zero-order valence-corrected chi connectivity index (χ0v) is 18.2. The number of thioether (sulfide) groups is 1. The molecule has 0 atom stereocenters. The summed E-state index contributed by atoms with van der Waals surface area (Å²) in [6.45, 7) is 6.15. The molecule has 0 spiro atoms. The summed E-state index contributed by atoms with van der Waals surface area (Å²) in [6.07, 6.45) is 7.87. The minimum atomic E-state index is 0.239. The molecule has 2 aromatic rings. The fourth-order valence-corrected chi connectivity index (χ4v) is 7.18. The predicted octanol–water partition coefficient (Wildman–Crippen LogP) is 6.01. The second kappa shape index (κ2) is 9.81. The lowest BCUT2D eigenvalue weighted by Crippen LogP contribution is -2.27. The van der Waals surface area contributed by atoms with Gasteiger partial charge in [-0.25, -0.2) is 0 Å². The standard InChI is InChI=1S/C20H28N2OS3/c1-3-5-6-7-8-11-14-22-16-12-9-10-13-17(16)25-20(22)26-19-21(4-2)18(23)15-24-19/h9-10,12-13H,3-8,11,14-15H2,1-2H3. The Kier molecular flexibility index (Phi) is 7.46. The van der Waals surface area contributed by atoms with Gasteiger partial charge in [-0.2, -0.15) is 0 Å². The summed E-state index contributed by atoms with van der Waals surface area (Å²) in [4.78, 5) is 14.0. The van der Waals surface area contributed by atoms with Gasteiger partial charge in [-0.05, 0) is 25.5 Å². The third kappa shape index (κ3) is 4.65. The Balaban J connectivity index is 1.90. The molecule has 3 nitrogen and oxygen atoms in total. The van der Waals surface area contributed by atoms with Crippen LogP contribution >= 0.6 is 34.0 Å². The lowest BCUT2D eigenvalue weighted by atomic mass is 10.1. The molecule has 1 fully saturated rings. The normalized spacial score (nSPS) is 14.6. The summed E-state index contributed by atoms with van der Waals surface area (Å²) in [7, 11) is 1.78. The maximum Gasteiger partial charge on any atom is 0.238 e. The van der Waals surface area contributed by atoms with Crippen LogP contribution in [0.15, 0.2) is 24.3 Å². The van der Waals surface area contributed by atoms with E-state index >= 15 is 0 Å². The summed E-state index contributed by atoms with van der Waals surface area (Å²) in [5.74, 6) is 0.821. The summed E-state index contributed by atoms with van der Waals surface area (Å²) in [5, 5.41) is 0. The lowest BCUT2D eigenvalue weighted by Gasteiger charge is -2.11. The molecule has 1 aromatic heterocycles. The van der Waals surface area contributed by atoms with E-state index < -0.39 is 0 Å². The number of para-hydroxylation sites is 1. The van der Waals surface area contributed by atoms with Gasteiger partial charge in [0.15, 0.2) is 3.95 Å². The number of hydrogen-bond acceptors (Lipinski definition) is 3. The largest absolute Gasteiger partial charge is 0.324 e. The highest BCUT2D eigenvalue weighted by Gasteiger charge is 2.25. The molecule has 0 radical (unpaired) electrons. The zero-order valence-electron chi connectivity index (χ0n) is 15.7. The maximum atomic E-state index is 12.0.